The molecule has 1 aliphatic rings. The molecule has 1 aliphatic heterocycles. The van der Waals surface area contributed by atoms with Crippen molar-refractivity contribution >= 4 is 17.3 Å². The van der Waals surface area contributed by atoms with Crippen molar-refractivity contribution in [1.82, 2.24) is 0 Å². The molecular weight excluding hydrogens is 228 g/mol. The molecule has 0 aromatic heterocycles. The number of nitrogens with two attached hydrogens (primary N) is 1. The molecule has 0 radical (unpaired) electrons. The van der Waals surface area contributed by atoms with Crippen molar-refractivity contribution in [3.63, 3.8) is 0 Å². The van der Waals surface area contributed by atoms with Gasteiger partial charge in [-0.05, 0) is 37.0 Å². The van der Waals surface area contributed by atoms with Gasteiger partial charge in [-0.25, -0.2) is 4.79 Å². The number of rotatable bonds is 2. The van der Waals surface area contributed by atoms with Crippen LogP contribution >= 0.6 is 0 Å². The van der Waals surface area contributed by atoms with Gasteiger partial charge in [-0.2, -0.15) is 0 Å². The molecule has 1 atom stereocenters. The van der Waals surface area contributed by atoms with Gasteiger partial charge in [0.25, 0.3) is 0 Å². The van der Waals surface area contributed by atoms with Crippen LogP contribution in [0.3, 0.4) is 0 Å². The summed E-state index contributed by atoms with van der Waals surface area (Å²) in [5, 5.41) is 0. The van der Waals surface area contributed by atoms with Crippen molar-refractivity contribution in [3.05, 3.63) is 23.8 Å². The number of ether oxygens (including phenoxy) is 1. The number of nitrogens with zero attached hydrogens (tertiary/aromatic N) is 1. The SMILES string of the molecule is COC(=O)c1ccc(N)c(N2CCCC(C)C2)c1. The molecule has 18 heavy (non-hydrogen) atoms. The molecule has 0 saturated carbocycles. The Morgan fingerprint density at radius 2 is 2.28 bits per heavy atom. The summed E-state index contributed by atoms with van der Waals surface area (Å²) in [6, 6.07) is 5.32. The van der Waals surface area contributed by atoms with Gasteiger partial charge < -0.3 is 15.4 Å². The zero-order valence-corrected chi connectivity index (χ0v) is 11.0. The normalized spacial score (nSPS) is 19.7. The predicted molar refractivity (Wildman–Crippen MR) is 72.8 cm³/mol. The van der Waals surface area contributed by atoms with Crippen LogP contribution in [0.2, 0.25) is 0 Å². The monoisotopic (exact) mass is 248 g/mol. The highest BCUT2D eigenvalue weighted by molar-refractivity contribution is 5.92. The van der Waals surface area contributed by atoms with Gasteiger partial charge in [0.15, 0.2) is 0 Å². The van der Waals surface area contributed by atoms with Crippen LogP contribution in [0.15, 0.2) is 18.2 Å². The molecule has 1 saturated heterocycles. The van der Waals surface area contributed by atoms with E-state index in [1.807, 2.05) is 6.07 Å². The topological polar surface area (TPSA) is 55.6 Å². The van der Waals surface area contributed by atoms with E-state index in [0.29, 0.717) is 11.5 Å². The Morgan fingerprint density at radius 1 is 1.50 bits per heavy atom. The number of methoxy groups -OCH3 is 1. The standard InChI is InChI=1S/C14H20N2O2/c1-10-4-3-7-16(9-10)13-8-11(14(17)18-2)5-6-12(13)15/h5-6,8,10H,3-4,7,9,15H2,1-2H3. The van der Waals surface area contributed by atoms with E-state index in [9.17, 15) is 4.79 Å². The molecule has 1 heterocycles. The number of hydrogen-bond donors (Lipinski definition) is 1. The maximum atomic E-state index is 11.5. The van der Waals surface area contributed by atoms with Crippen LogP contribution in [-0.2, 0) is 4.74 Å². The highest BCUT2D eigenvalue weighted by Gasteiger charge is 2.19. The van der Waals surface area contributed by atoms with Crippen LogP contribution in [0.25, 0.3) is 0 Å². The van der Waals surface area contributed by atoms with Crippen LogP contribution < -0.4 is 10.6 Å². The van der Waals surface area contributed by atoms with Gasteiger partial charge in [-0.1, -0.05) is 6.92 Å². The third-order valence-electron chi connectivity index (χ3n) is 3.45. The molecule has 4 nitrogen and oxygen atoms in total. The minimum absolute atomic E-state index is 0.318. The molecule has 0 amide bonds. The zero-order valence-electron chi connectivity index (χ0n) is 11.0. The average molecular weight is 248 g/mol. The lowest BCUT2D eigenvalue weighted by molar-refractivity contribution is 0.0601. The lowest BCUT2D eigenvalue weighted by Crippen LogP contribution is -2.34. The lowest BCUT2D eigenvalue weighted by atomic mass is 9.99. The quantitative estimate of drug-likeness (QED) is 0.644. The summed E-state index contributed by atoms with van der Waals surface area (Å²) in [6.07, 6.45) is 2.43. The number of carbonyl (C=O) groups excluding carboxylic acids is 1. The maximum absolute atomic E-state index is 11.5. The van der Waals surface area contributed by atoms with Crippen LogP contribution in [0, 0.1) is 5.92 Å². The average Bonchev–Trinajstić information content (AvgIpc) is 2.38. The smallest absolute Gasteiger partial charge is 0.337 e. The van der Waals surface area contributed by atoms with E-state index >= 15 is 0 Å². The van der Waals surface area contributed by atoms with E-state index < -0.39 is 0 Å². The summed E-state index contributed by atoms with van der Waals surface area (Å²) in [4.78, 5) is 13.8. The first-order chi connectivity index (χ1) is 8.61. The lowest BCUT2D eigenvalue weighted by Gasteiger charge is -2.33. The fourth-order valence-electron chi connectivity index (χ4n) is 2.47. The largest absolute Gasteiger partial charge is 0.465 e. The highest BCUT2D eigenvalue weighted by Crippen LogP contribution is 2.29. The van der Waals surface area contributed by atoms with E-state index in [2.05, 4.69) is 11.8 Å². The number of hydrogen-bond acceptors (Lipinski definition) is 4. The van der Waals surface area contributed by atoms with Gasteiger partial charge in [-0.3, -0.25) is 0 Å². The van der Waals surface area contributed by atoms with Crippen LogP contribution in [0.1, 0.15) is 30.1 Å². The second-order valence-corrected chi connectivity index (χ2v) is 4.96. The highest BCUT2D eigenvalue weighted by atomic mass is 16.5. The minimum atomic E-state index is -0.318. The van der Waals surface area contributed by atoms with Gasteiger partial charge in [0.05, 0.1) is 24.0 Å². The second-order valence-electron chi connectivity index (χ2n) is 4.96. The Labute approximate surface area is 108 Å². The van der Waals surface area contributed by atoms with E-state index in [0.717, 1.165) is 24.5 Å². The van der Waals surface area contributed by atoms with E-state index in [-0.39, 0.29) is 5.97 Å². The van der Waals surface area contributed by atoms with Crippen LogP contribution in [0.4, 0.5) is 11.4 Å². The first-order valence-corrected chi connectivity index (χ1v) is 6.34. The van der Waals surface area contributed by atoms with Gasteiger partial charge in [-0.15, -0.1) is 0 Å². The summed E-state index contributed by atoms with van der Waals surface area (Å²) < 4.78 is 4.74. The number of esters is 1. The first kappa shape index (κ1) is 12.7. The number of piperidine rings is 1. The summed E-state index contributed by atoms with van der Waals surface area (Å²) in [7, 11) is 1.39. The van der Waals surface area contributed by atoms with Crippen molar-refractivity contribution < 1.29 is 9.53 Å². The van der Waals surface area contributed by atoms with Gasteiger partial charge >= 0.3 is 5.97 Å². The Morgan fingerprint density at radius 3 is 2.94 bits per heavy atom. The van der Waals surface area contributed by atoms with Crippen molar-refractivity contribution in [2.45, 2.75) is 19.8 Å². The number of carbonyl (C=O) groups is 1. The zero-order chi connectivity index (χ0) is 13.1. The summed E-state index contributed by atoms with van der Waals surface area (Å²) in [5.74, 6) is 0.348. The first-order valence-electron chi connectivity index (χ1n) is 6.34. The molecule has 1 unspecified atom stereocenters. The molecule has 0 bridgehead atoms. The summed E-state index contributed by atoms with van der Waals surface area (Å²) in [6.45, 7) is 4.24. The van der Waals surface area contributed by atoms with Crippen molar-refractivity contribution in [2.24, 2.45) is 5.92 Å². The van der Waals surface area contributed by atoms with E-state index in [4.69, 9.17) is 10.5 Å². The predicted octanol–water partition coefficient (Wildman–Crippen LogP) is 2.29. The molecule has 0 spiro atoms. The Bertz CT molecular complexity index is 445. The second kappa shape index (κ2) is 5.29. The Balaban J connectivity index is 2.28. The van der Waals surface area contributed by atoms with E-state index in [1.54, 1.807) is 12.1 Å². The molecular formula is C14H20N2O2. The molecule has 0 aliphatic carbocycles. The molecule has 1 fully saturated rings. The molecule has 98 valence electrons. The van der Waals surface area contributed by atoms with E-state index in [1.165, 1.54) is 20.0 Å². The Hall–Kier alpha value is -1.71. The van der Waals surface area contributed by atoms with Gasteiger partial charge in [0, 0.05) is 13.1 Å². The van der Waals surface area contributed by atoms with Crippen molar-refractivity contribution in [2.75, 3.05) is 30.8 Å². The molecule has 1 aromatic carbocycles. The van der Waals surface area contributed by atoms with Crippen molar-refractivity contribution in [1.29, 1.82) is 0 Å². The van der Waals surface area contributed by atoms with Crippen molar-refractivity contribution in [3.8, 4) is 0 Å². The molecule has 1 aromatic rings. The number of benzene rings is 1. The summed E-state index contributed by atoms with van der Waals surface area (Å²) in [5.41, 5.74) is 8.24. The summed E-state index contributed by atoms with van der Waals surface area (Å²) >= 11 is 0. The number of nitrogen functional groups attached to an aromatic ring is 1. The van der Waals surface area contributed by atoms with Gasteiger partial charge in [0.2, 0.25) is 0 Å². The third-order valence-corrected chi connectivity index (χ3v) is 3.45. The van der Waals surface area contributed by atoms with Crippen LogP contribution in [0.5, 0.6) is 0 Å². The molecule has 4 heteroatoms. The fraction of sp³-hybridized carbons (Fsp3) is 0.500. The molecule has 2 rings (SSSR count). The van der Waals surface area contributed by atoms with Crippen LogP contribution in [-0.4, -0.2) is 26.2 Å². The third kappa shape index (κ3) is 2.58. The molecule has 2 N–H and O–H groups in total. The van der Waals surface area contributed by atoms with Gasteiger partial charge in [0.1, 0.15) is 0 Å². The fourth-order valence-corrected chi connectivity index (χ4v) is 2.47. The maximum Gasteiger partial charge on any atom is 0.337 e. The Kier molecular flexibility index (Phi) is 3.75. The minimum Gasteiger partial charge on any atom is -0.465 e. The number of anilines is 2.